The summed E-state index contributed by atoms with van der Waals surface area (Å²) < 4.78 is 19.0. The van der Waals surface area contributed by atoms with Gasteiger partial charge in [-0.2, -0.15) is 0 Å². The van der Waals surface area contributed by atoms with E-state index in [9.17, 15) is 9.18 Å². The fourth-order valence-electron chi connectivity index (χ4n) is 1.71. The van der Waals surface area contributed by atoms with Gasteiger partial charge in [0.05, 0.1) is 20.3 Å². The maximum absolute atomic E-state index is 13.4. The van der Waals surface area contributed by atoms with Crippen LogP contribution in [0.3, 0.4) is 0 Å². The van der Waals surface area contributed by atoms with E-state index >= 15 is 0 Å². The molecule has 90 valence electrons. The van der Waals surface area contributed by atoms with Crippen LogP contribution in [0.25, 0.3) is 22.1 Å². The number of aromatic nitrogens is 1. The van der Waals surface area contributed by atoms with Crippen molar-refractivity contribution in [3.05, 3.63) is 49.9 Å². The van der Waals surface area contributed by atoms with Gasteiger partial charge in [0.1, 0.15) is 11.4 Å². The van der Waals surface area contributed by atoms with Gasteiger partial charge in [-0.05, 0) is 28.1 Å². The molecule has 6 heteroatoms. The molecule has 0 atom stereocenters. The van der Waals surface area contributed by atoms with E-state index in [1.54, 1.807) is 0 Å². The summed E-state index contributed by atoms with van der Waals surface area (Å²) in [5.74, 6) is -0.501. The van der Waals surface area contributed by atoms with Crippen LogP contribution < -0.4 is 5.43 Å². The lowest BCUT2D eigenvalue weighted by molar-refractivity contribution is 0.606. The zero-order valence-corrected chi connectivity index (χ0v) is 11.0. The standard InChI is InChI=1S/C12H4BrClFNO2/c13-8-2-6-10(3-9(8)15)18-12-7(11(6)17)1-5(14)4-16-12/h1-4H. The third-order valence-corrected chi connectivity index (χ3v) is 3.35. The molecule has 0 aliphatic heterocycles. The molecule has 0 aliphatic rings. The minimum Gasteiger partial charge on any atom is -0.437 e. The summed E-state index contributed by atoms with van der Waals surface area (Å²) in [6, 6.07) is 4.01. The molecule has 0 fully saturated rings. The number of pyridine rings is 1. The molecule has 0 saturated heterocycles. The third-order valence-electron chi connectivity index (χ3n) is 2.54. The van der Waals surface area contributed by atoms with E-state index < -0.39 is 5.82 Å². The fourth-order valence-corrected chi connectivity index (χ4v) is 2.21. The Hall–Kier alpha value is -1.46. The highest BCUT2D eigenvalue weighted by Crippen LogP contribution is 2.24. The monoisotopic (exact) mass is 327 g/mol. The summed E-state index contributed by atoms with van der Waals surface area (Å²) in [5.41, 5.74) is 0.00333. The van der Waals surface area contributed by atoms with E-state index in [4.69, 9.17) is 16.0 Å². The Bertz CT molecular complexity index is 847. The lowest BCUT2D eigenvalue weighted by Crippen LogP contribution is -2.03. The van der Waals surface area contributed by atoms with E-state index in [0.29, 0.717) is 5.02 Å². The minimum atomic E-state index is -0.501. The van der Waals surface area contributed by atoms with E-state index in [1.165, 1.54) is 18.3 Å². The summed E-state index contributed by atoms with van der Waals surface area (Å²) in [6.45, 7) is 0. The maximum Gasteiger partial charge on any atom is 0.230 e. The topological polar surface area (TPSA) is 43.1 Å². The van der Waals surface area contributed by atoms with Gasteiger partial charge in [0.15, 0.2) is 0 Å². The van der Waals surface area contributed by atoms with Crippen LogP contribution in [0.15, 0.2) is 38.1 Å². The van der Waals surface area contributed by atoms with E-state index in [2.05, 4.69) is 20.9 Å². The molecule has 0 amide bonds. The number of rotatable bonds is 0. The molecule has 18 heavy (non-hydrogen) atoms. The van der Waals surface area contributed by atoms with Crippen LogP contribution in [-0.2, 0) is 0 Å². The number of hydrogen-bond acceptors (Lipinski definition) is 3. The Labute approximate surface area is 113 Å². The van der Waals surface area contributed by atoms with E-state index in [-0.39, 0.29) is 32.0 Å². The van der Waals surface area contributed by atoms with Crippen molar-refractivity contribution in [2.75, 3.05) is 0 Å². The van der Waals surface area contributed by atoms with E-state index in [0.717, 1.165) is 6.07 Å². The van der Waals surface area contributed by atoms with Crippen molar-refractivity contribution in [1.29, 1.82) is 0 Å². The number of hydrogen-bond donors (Lipinski definition) is 0. The van der Waals surface area contributed by atoms with E-state index in [1.807, 2.05) is 0 Å². The van der Waals surface area contributed by atoms with Gasteiger partial charge < -0.3 is 4.42 Å². The molecule has 0 spiro atoms. The van der Waals surface area contributed by atoms with Gasteiger partial charge in [0, 0.05) is 12.3 Å². The predicted molar refractivity (Wildman–Crippen MR) is 70.5 cm³/mol. The predicted octanol–water partition coefficient (Wildman–Crippen LogP) is 3.90. The molecule has 0 radical (unpaired) electrons. The van der Waals surface area contributed by atoms with Gasteiger partial charge in [-0.3, -0.25) is 4.79 Å². The largest absolute Gasteiger partial charge is 0.437 e. The third kappa shape index (κ3) is 1.71. The van der Waals surface area contributed by atoms with Crippen LogP contribution in [0.1, 0.15) is 0 Å². The molecule has 0 saturated carbocycles. The molecule has 3 aromatic rings. The number of halogens is 3. The molecule has 0 unspecified atom stereocenters. The van der Waals surface area contributed by atoms with Gasteiger partial charge in [0.25, 0.3) is 0 Å². The second-order valence-electron chi connectivity index (χ2n) is 3.70. The number of benzene rings is 1. The number of fused-ring (bicyclic) bond motifs is 2. The molecule has 1 aromatic carbocycles. The first-order valence-corrected chi connectivity index (χ1v) is 6.10. The van der Waals surface area contributed by atoms with Crippen molar-refractivity contribution in [2.24, 2.45) is 0 Å². The van der Waals surface area contributed by atoms with Gasteiger partial charge in [-0.25, -0.2) is 9.37 Å². The molecule has 0 N–H and O–H groups in total. The summed E-state index contributed by atoms with van der Waals surface area (Å²) in [4.78, 5) is 16.1. The number of nitrogens with zero attached hydrogens (tertiary/aromatic N) is 1. The van der Waals surface area contributed by atoms with Crippen LogP contribution >= 0.6 is 27.5 Å². The smallest absolute Gasteiger partial charge is 0.230 e. The highest BCUT2D eigenvalue weighted by atomic mass is 79.9. The Morgan fingerprint density at radius 1 is 1.28 bits per heavy atom. The normalized spacial score (nSPS) is 11.3. The molecular weight excluding hydrogens is 324 g/mol. The summed E-state index contributed by atoms with van der Waals surface area (Å²) in [7, 11) is 0. The molecule has 2 heterocycles. The van der Waals surface area contributed by atoms with Crippen molar-refractivity contribution in [1.82, 2.24) is 4.98 Å². The van der Waals surface area contributed by atoms with Crippen molar-refractivity contribution in [3.8, 4) is 0 Å². The highest BCUT2D eigenvalue weighted by Gasteiger charge is 2.12. The van der Waals surface area contributed by atoms with Gasteiger partial charge >= 0.3 is 0 Å². The van der Waals surface area contributed by atoms with Crippen molar-refractivity contribution in [2.45, 2.75) is 0 Å². The zero-order valence-electron chi connectivity index (χ0n) is 8.71. The SMILES string of the molecule is O=c1c2cc(Br)c(F)cc2oc2ncc(Cl)cc12. The highest BCUT2D eigenvalue weighted by molar-refractivity contribution is 9.10. The van der Waals surface area contributed by atoms with Crippen LogP contribution in [0.2, 0.25) is 5.02 Å². The Kier molecular flexibility index (Phi) is 2.60. The van der Waals surface area contributed by atoms with Crippen LogP contribution in [0.4, 0.5) is 4.39 Å². The first kappa shape index (κ1) is 11.6. The second kappa shape index (κ2) is 4.03. The zero-order chi connectivity index (χ0) is 12.9. The van der Waals surface area contributed by atoms with Gasteiger partial charge in [-0.15, -0.1) is 0 Å². The first-order valence-electron chi connectivity index (χ1n) is 4.93. The van der Waals surface area contributed by atoms with Gasteiger partial charge in [-0.1, -0.05) is 11.6 Å². The average molecular weight is 329 g/mol. The Balaban J connectivity index is 2.57. The second-order valence-corrected chi connectivity index (χ2v) is 4.99. The molecule has 2 aromatic heterocycles. The van der Waals surface area contributed by atoms with Crippen LogP contribution in [-0.4, -0.2) is 4.98 Å². The van der Waals surface area contributed by atoms with Crippen LogP contribution in [0.5, 0.6) is 0 Å². The quantitative estimate of drug-likeness (QED) is 0.588. The first-order chi connectivity index (χ1) is 8.56. The summed E-state index contributed by atoms with van der Waals surface area (Å²) in [6.07, 6.45) is 1.37. The Morgan fingerprint density at radius 3 is 2.83 bits per heavy atom. The lowest BCUT2D eigenvalue weighted by atomic mass is 10.2. The molecule has 3 rings (SSSR count). The Morgan fingerprint density at radius 2 is 2.06 bits per heavy atom. The average Bonchev–Trinajstić information content (AvgIpc) is 2.33. The fraction of sp³-hybridized carbons (Fsp3) is 0. The van der Waals surface area contributed by atoms with Crippen molar-refractivity contribution < 1.29 is 8.81 Å². The minimum absolute atomic E-state index is 0.138. The van der Waals surface area contributed by atoms with Crippen LogP contribution in [0, 0.1) is 5.82 Å². The lowest BCUT2D eigenvalue weighted by Gasteiger charge is -2.02. The molecule has 3 nitrogen and oxygen atoms in total. The van der Waals surface area contributed by atoms with Gasteiger partial charge in [0.2, 0.25) is 11.1 Å². The van der Waals surface area contributed by atoms with Crippen molar-refractivity contribution in [3.63, 3.8) is 0 Å². The molecular formula is C12H4BrClFNO2. The van der Waals surface area contributed by atoms with Crippen molar-refractivity contribution >= 4 is 49.6 Å². The summed E-state index contributed by atoms with van der Waals surface area (Å²) >= 11 is 8.82. The summed E-state index contributed by atoms with van der Waals surface area (Å²) in [5, 5.41) is 0.892. The molecule has 0 bridgehead atoms. The maximum atomic E-state index is 13.4. The molecule has 0 aliphatic carbocycles.